The van der Waals surface area contributed by atoms with Crippen LogP contribution in [0.3, 0.4) is 0 Å². The average Bonchev–Trinajstić information content (AvgIpc) is 2.74. The van der Waals surface area contributed by atoms with Crippen molar-refractivity contribution >= 4 is 27.7 Å². The quantitative estimate of drug-likeness (QED) is 0.729. The molecule has 6 nitrogen and oxygen atoms in total. The lowest BCUT2D eigenvalue weighted by molar-refractivity contribution is -0.111. The average molecular weight is 415 g/mol. The molecule has 1 fully saturated rings. The van der Waals surface area contributed by atoms with E-state index in [2.05, 4.69) is 5.32 Å². The number of piperidine rings is 1. The molecule has 3 rings (SSSR count). The molecule has 2 aromatic rings. The number of rotatable bonds is 6. The largest absolute Gasteiger partial charge is 0.496 e. The first-order valence-corrected chi connectivity index (χ1v) is 11.1. The Kier molecular flexibility index (Phi) is 6.71. The molecule has 0 spiro atoms. The fourth-order valence-corrected chi connectivity index (χ4v) is 4.84. The molecule has 0 aliphatic carbocycles. The van der Waals surface area contributed by atoms with Gasteiger partial charge in [0.05, 0.1) is 12.0 Å². The van der Waals surface area contributed by atoms with Crippen molar-refractivity contribution in [3.63, 3.8) is 0 Å². The second-order valence-electron chi connectivity index (χ2n) is 7.01. The first-order chi connectivity index (χ1) is 13.9. The molecule has 0 atom stereocenters. The van der Waals surface area contributed by atoms with Crippen LogP contribution in [0.5, 0.6) is 5.75 Å². The molecule has 1 aliphatic rings. The molecule has 0 unspecified atom stereocenters. The normalized spacial score (nSPS) is 15.4. The molecule has 1 saturated heterocycles. The molecule has 2 aromatic carbocycles. The van der Waals surface area contributed by atoms with Gasteiger partial charge in [-0.3, -0.25) is 4.79 Å². The number of carbonyl (C=O) groups is 1. The minimum absolute atomic E-state index is 0.203. The Morgan fingerprint density at radius 3 is 2.55 bits per heavy atom. The number of ether oxygens (including phenoxy) is 1. The Balaban J connectivity index is 1.78. The molecule has 1 aliphatic heterocycles. The summed E-state index contributed by atoms with van der Waals surface area (Å²) in [4.78, 5) is 12.6. The van der Waals surface area contributed by atoms with Crippen molar-refractivity contribution in [2.75, 3.05) is 25.5 Å². The summed E-state index contributed by atoms with van der Waals surface area (Å²) in [5, 5.41) is 2.78. The minimum atomic E-state index is -3.55. The zero-order valence-corrected chi connectivity index (χ0v) is 17.5. The molecule has 29 heavy (non-hydrogen) atoms. The predicted octanol–water partition coefficient (Wildman–Crippen LogP) is 3.83. The van der Waals surface area contributed by atoms with E-state index in [1.807, 2.05) is 31.2 Å². The van der Waals surface area contributed by atoms with Gasteiger partial charge in [0.25, 0.3) is 0 Å². The van der Waals surface area contributed by atoms with Crippen LogP contribution in [0.4, 0.5) is 5.69 Å². The number of hydrogen-bond donors (Lipinski definition) is 1. The Hall–Kier alpha value is -2.64. The molecular formula is C22H26N2O4S. The van der Waals surface area contributed by atoms with E-state index in [9.17, 15) is 13.2 Å². The number of para-hydroxylation sites is 1. The van der Waals surface area contributed by atoms with Crippen molar-refractivity contribution in [2.45, 2.75) is 31.1 Å². The van der Waals surface area contributed by atoms with E-state index >= 15 is 0 Å². The van der Waals surface area contributed by atoms with Gasteiger partial charge in [0.15, 0.2) is 0 Å². The first-order valence-electron chi connectivity index (χ1n) is 9.65. The standard InChI is InChI=1S/C22H26N2O4S/c1-17-10-12-19(29(26,27)24-14-6-3-7-15-24)16-20(17)23-22(25)13-11-18-8-4-5-9-21(18)28-2/h4-5,8-13,16H,3,6-7,14-15H2,1-2H3,(H,23,25). The van der Waals surface area contributed by atoms with Crippen LogP contribution < -0.4 is 10.1 Å². The van der Waals surface area contributed by atoms with Crippen molar-refractivity contribution in [2.24, 2.45) is 0 Å². The maximum atomic E-state index is 12.9. The van der Waals surface area contributed by atoms with Crippen LogP contribution in [-0.2, 0) is 14.8 Å². The van der Waals surface area contributed by atoms with Crippen LogP contribution in [0.25, 0.3) is 6.08 Å². The van der Waals surface area contributed by atoms with E-state index in [1.54, 1.807) is 25.3 Å². The second kappa shape index (κ2) is 9.24. The molecule has 1 N–H and O–H groups in total. The zero-order chi connectivity index (χ0) is 20.9. The number of nitrogens with zero attached hydrogens (tertiary/aromatic N) is 1. The van der Waals surface area contributed by atoms with E-state index in [1.165, 1.54) is 16.4 Å². The molecule has 0 radical (unpaired) electrons. The number of aryl methyl sites for hydroxylation is 1. The van der Waals surface area contributed by atoms with Gasteiger partial charge in [-0.2, -0.15) is 4.31 Å². The van der Waals surface area contributed by atoms with Crippen LogP contribution in [0, 0.1) is 6.92 Å². The van der Waals surface area contributed by atoms with Crippen molar-refractivity contribution in [3.05, 3.63) is 59.7 Å². The van der Waals surface area contributed by atoms with E-state index in [0.717, 1.165) is 30.4 Å². The van der Waals surface area contributed by atoms with E-state index in [-0.39, 0.29) is 10.8 Å². The highest BCUT2D eigenvalue weighted by Crippen LogP contribution is 2.25. The molecule has 1 heterocycles. The number of anilines is 1. The summed E-state index contributed by atoms with van der Waals surface area (Å²) >= 11 is 0. The molecule has 0 saturated carbocycles. The van der Waals surface area contributed by atoms with Gasteiger partial charge in [0.2, 0.25) is 15.9 Å². The molecule has 0 aromatic heterocycles. The lowest BCUT2D eigenvalue weighted by Crippen LogP contribution is -2.35. The summed E-state index contributed by atoms with van der Waals surface area (Å²) in [6, 6.07) is 12.2. The lowest BCUT2D eigenvalue weighted by Gasteiger charge is -2.26. The van der Waals surface area contributed by atoms with Gasteiger partial charge in [-0.15, -0.1) is 0 Å². The number of carbonyl (C=O) groups excluding carboxylic acids is 1. The monoisotopic (exact) mass is 414 g/mol. The van der Waals surface area contributed by atoms with Crippen molar-refractivity contribution in [1.29, 1.82) is 0 Å². The van der Waals surface area contributed by atoms with Crippen molar-refractivity contribution < 1.29 is 17.9 Å². The topological polar surface area (TPSA) is 75.7 Å². The third kappa shape index (κ3) is 5.05. The van der Waals surface area contributed by atoms with Crippen LogP contribution >= 0.6 is 0 Å². The number of hydrogen-bond acceptors (Lipinski definition) is 4. The van der Waals surface area contributed by atoms with E-state index < -0.39 is 10.0 Å². The molecule has 7 heteroatoms. The SMILES string of the molecule is COc1ccccc1C=CC(=O)Nc1cc(S(=O)(=O)N2CCCCC2)ccc1C. The van der Waals surface area contributed by atoms with E-state index in [0.29, 0.717) is 24.5 Å². The van der Waals surface area contributed by atoms with E-state index in [4.69, 9.17) is 4.74 Å². The number of nitrogens with one attached hydrogen (secondary N) is 1. The summed E-state index contributed by atoms with van der Waals surface area (Å²) in [5.41, 5.74) is 2.06. The van der Waals surface area contributed by atoms with Gasteiger partial charge in [0, 0.05) is 30.4 Å². The number of methoxy groups -OCH3 is 1. The van der Waals surface area contributed by atoms with Gasteiger partial charge in [-0.05, 0) is 49.6 Å². The number of amides is 1. The second-order valence-corrected chi connectivity index (χ2v) is 8.94. The Morgan fingerprint density at radius 2 is 1.83 bits per heavy atom. The van der Waals surface area contributed by atoms with Crippen molar-refractivity contribution in [3.8, 4) is 5.75 Å². The number of benzene rings is 2. The summed E-state index contributed by atoms with van der Waals surface area (Å²) < 4.78 is 32.6. The highest BCUT2D eigenvalue weighted by Gasteiger charge is 2.26. The maximum Gasteiger partial charge on any atom is 0.248 e. The molecule has 1 amide bonds. The zero-order valence-electron chi connectivity index (χ0n) is 16.7. The molecule has 154 valence electrons. The Labute approximate surface area is 172 Å². The van der Waals surface area contributed by atoms with Gasteiger partial charge in [-0.25, -0.2) is 8.42 Å². The highest BCUT2D eigenvalue weighted by molar-refractivity contribution is 7.89. The summed E-state index contributed by atoms with van der Waals surface area (Å²) in [7, 11) is -1.98. The Morgan fingerprint density at radius 1 is 1.10 bits per heavy atom. The predicted molar refractivity (Wildman–Crippen MR) is 114 cm³/mol. The van der Waals surface area contributed by atoms with Gasteiger partial charge in [-0.1, -0.05) is 30.7 Å². The number of sulfonamides is 1. The fourth-order valence-electron chi connectivity index (χ4n) is 3.29. The van der Waals surface area contributed by atoms with Gasteiger partial charge >= 0.3 is 0 Å². The molecule has 0 bridgehead atoms. The smallest absolute Gasteiger partial charge is 0.248 e. The maximum absolute atomic E-state index is 12.9. The third-order valence-electron chi connectivity index (χ3n) is 4.97. The highest BCUT2D eigenvalue weighted by atomic mass is 32.2. The fraction of sp³-hybridized carbons (Fsp3) is 0.318. The van der Waals surface area contributed by atoms with Crippen molar-refractivity contribution in [1.82, 2.24) is 4.31 Å². The summed E-state index contributed by atoms with van der Waals surface area (Å²) in [6.07, 6.45) is 5.88. The van der Waals surface area contributed by atoms with Gasteiger partial charge < -0.3 is 10.1 Å². The molecular weight excluding hydrogens is 388 g/mol. The van der Waals surface area contributed by atoms with Gasteiger partial charge in [0.1, 0.15) is 5.75 Å². The van der Waals surface area contributed by atoms with Crippen LogP contribution in [0.2, 0.25) is 0 Å². The van der Waals surface area contributed by atoms with Crippen LogP contribution in [0.1, 0.15) is 30.4 Å². The van der Waals surface area contributed by atoms with Crippen LogP contribution in [-0.4, -0.2) is 38.8 Å². The lowest BCUT2D eigenvalue weighted by atomic mass is 10.1. The summed E-state index contributed by atoms with van der Waals surface area (Å²) in [6.45, 7) is 2.91. The minimum Gasteiger partial charge on any atom is -0.496 e. The Bertz CT molecular complexity index is 1010. The summed E-state index contributed by atoms with van der Waals surface area (Å²) in [5.74, 6) is 0.328. The first kappa shape index (κ1) is 21.1. The third-order valence-corrected chi connectivity index (χ3v) is 6.87. The van der Waals surface area contributed by atoms with Crippen LogP contribution in [0.15, 0.2) is 53.4 Å².